The third-order valence-corrected chi connectivity index (χ3v) is 4.77. The molecule has 1 heterocycles. The van der Waals surface area contributed by atoms with E-state index < -0.39 is 17.9 Å². The second-order valence-corrected chi connectivity index (χ2v) is 7.22. The summed E-state index contributed by atoms with van der Waals surface area (Å²) in [5.74, 6) is -1.58. The summed E-state index contributed by atoms with van der Waals surface area (Å²) in [6, 6.07) is 15.1. The van der Waals surface area contributed by atoms with Gasteiger partial charge in [0.05, 0.1) is 5.92 Å². The van der Waals surface area contributed by atoms with Gasteiger partial charge in [0.15, 0.2) is 0 Å². The van der Waals surface area contributed by atoms with Crippen molar-refractivity contribution in [1.29, 1.82) is 0 Å². The minimum Gasteiger partial charge on any atom is -0.344 e. The third-order valence-electron chi connectivity index (χ3n) is 4.77. The van der Waals surface area contributed by atoms with Crippen molar-refractivity contribution in [2.24, 2.45) is 5.92 Å². The van der Waals surface area contributed by atoms with Crippen molar-refractivity contribution < 1.29 is 19.2 Å². The number of hydrogen-bond acceptors (Lipinski definition) is 4. The fourth-order valence-electron chi connectivity index (χ4n) is 3.27. The van der Waals surface area contributed by atoms with Crippen LogP contribution >= 0.6 is 0 Å². The van der Waals surface area contributed by atoms with Crippen LogP contribution in [-0.2, 0) is 19.2 Å². The summed E-state index contributed by atoms with van der Waals surface area (Å²) < 4.78 is 0. The Kier molecular flexibility index (Phi) is 6.46. The molecule has 0 saturated carbocycles. The van der Waals surface area contributed by atoms with Gasteiger partial charge in [-0.3, -0.25) is 19.2 Å². The van der Waals surface area contributed by atoms with Crippen LogP contribution in [0.1, 0.15) is 20.3 Å². The Morgan fingerprint density at radius 1 is 1.00 bits per heavy atom. The third kappa shape index (κ3) is 5.22. The molecule has 0 radical (unpaired) electrons. The predicted molar refractivity (Wildman–Crippen MR) is 114 cm³/mol. The molecule has 1 aliphatic rings. The van der Waals surface area contributed by atoms with Gasteiger partial charge in [0.1, 0.15) is 6.04 Å². The van der Waals surface area contributed by atoms with Crippen molar-refractivity contribution in [3.8, 4) is 0 Å². The maximum Gasteiger partial charge on any atom is 0.246 e. The normalized spacial score (nSPS) is 16.7. The number of hydrogen-bond donors (Lipinski definition) is 3. The standard InChI is InChI=1S/C22H24N4O4/c1-14(21(29)25-18-8-6-7-17(12-18)24-15(2)27)23-22(30)16-11-20(28)26(13-16)19-9-4-3-5-10-19/h3-10,12,14,16H,11,13H2,1-2H3,(H,23,30)(H,24,27)(H,25,29)/t14-,16-/m0/s1. The highest BCUT2D eigenvalue weighted by molar-refractivity contribution is 6.02. The van der Waals surface area contributed by atoms with Crippen LogP contribution in [0.5, 0.6) is 0 Å². The predicted octanol–water partition coefficient (Wildman–Crippen LogP) is 2.14. The number of nitrogens with one attached hydrogen (secondary N) is 3. The molecule has 156 valence electrons. The largest absolute Gasteiger partial charge is 0.344 e. The molecular weight excluding hydrogens is 384 g/mol. The summed E-state index contributed by atoms with van der Waals surface area (Å²) in [6.07, 6.45) is 0.105. The number of nitrogens with zero attached hydrogens (tertiary/aromatic N) is 1. The number of rotatable bonds is 6. The van der Waals surface area contributed by atoms with Gasteiger partial charge in [-0.05, 0) is 37.3 Å². The smallest absolute Gasteiger partial charge is 0.246 e. The lowest BCUT2D eigenvalue weighted by Gasteiger charge is -2.18. The lowest BCUT2D eigenvalue weighted by atomic mass is 10.1. The average molecular weight is 408 g/mol. The second kappa shape index (κ2) is 9.21. The van der Waals surface area contributed by atoms with Crippen molar-refractivity contribution in [3.63, 3.8) is 0 Å². The highest BCUT2D eigenvalue weighted by atomic mass is 16.2. The average Bonchev–Trinajstić information content (AvgIpc) is 3.10. The number of benzene rings is 2. The Balaban J connectivity index is 1.56. The maximum absolute atomic E-state index is 12.6. The van der Waals surface area contributed by atoms with E-state index in [1.54, 1.807) is 36.1 Å². The van der Waals surface area contributed by atoms with E-state index >= 15 is 0 Å². The number of para-hydroxylation sites is 1. The zero-order chi connectivity index (χ0) is 21.7. The molecule has 8 heteroatoms. The van der Waals surface area contributed by atoms with E-state index in [9.17, 15) is 19.2 Å². The van der Waals surface area contributed by atoms with Gasteiger partial charge < -0.3 is 20.9 Å². The molecule has 4 amide bonds. The zero-order valence-electron chi connectivity index (χ0n) is 16.8. The number of amides is 4. The van der Waals surface area contributed by atoms with E-state index in [1.165, 1.54) is 6.92 Å². The first-order valence-electron chi connectivity index (χ1n) is 9.68. The Morgan fingerprint density at radius 3 is 2.33 bits per heavy atom. The van der Waals surface area contributed by atoms with Gasteiger partial charge in [-0.1, -0.05) is 24.3 Å². The summed E-state index contributed by atoms with van der Waals surface area (Å²) in [5.41, 5.74) is 1.81. The molecule has 1 aliphatic heterocycles. The topological polar surface area (TPSA) is 108 Å². The van der Waals surface area contributed by atoms with Crippen LogP contribution in [0.2, 0.25) is 0 Å². The molecule has 1 fully saturated rings. The van der Waals surface area contributed by atoms with Crippen LogP contribution in [0.4, 0.5) is 17.1 Å². The first-order valence-corrected chi connectivity index (χ1v) is 9.68. The Hall–Kier alpha value is -3.68. The van der Waals surface area contributed by atoms with Crippen molar-refractivity contribution in [2.75, 3.05) is 22.1 Å². The molecule has 2 aromatic rings. The van der Waals surface area contributed by atoms with Crippen LogP contribution in [0.3, 0.4) is 0 Å². The molecule has 3 rings (SSSR count). The van der Waals surface area contributed by atoms with E-state index in [0.29, 0.717) is 11.4 Å². The summed E-state index contributed by atoms with van der Waals surface area (Å²) in [4.78, 5) is 50.1. The van der Waals surface area contributed by atoms with Crippen molar-refractivity contribution in [3.05, 3.63) is 54.6 Å². The van der Waals surface area contributed by atoms with E-state index in [1.807, 2.05) is 30.3 Å². The molecule has 0 aliphatic carbocycles. The summed E-state index contributed by atoms with van der Waals surface area (Å²) in [7, 11) is 0. The molecule has 2 atom stereocenters. The van der Waals surface area contributed by atoms with Crippen molar-refractivity contribution >= 4 is 40.7 Å². The summed E-state index contributed by atoms with van der Waals surface area (Å²) in [6.45, 7) is 3.26. The Morgan fingerprint density at radius 2 is 1.67 bits per heavy atom. The van der Waals surface area contributed by atoms with Crippen molar-refractivity contribution in [2.45, 2.75) is 26.3 Å². The van der Waals surface area contributed by atoms with Crippen LogP contribution in [0, 0.1) is 5.92 Å². The van der Waals surface area contributed by atoms with E-state index in [4.69, 9.17) is 0 Å². The van der Waals surface area contributed by atoms with Gasteiger partial charge in [0.2, 0.25) is 23.6 Å². The summed E-state index contributed by atoms with van der Waals surface area (Å²) >= 11 is 0. The zero-order valence-corrected chi connectivity index (χ0v) is 16.8. The molecule has 0 bridgehead atoms. The summed E-state index contributed by atoms with van der Waals surface area (Å²) in [5, 5.41) is 8.04. The van der Waals surface area contributed by atoms with Crippen LogP contribution in [0.15, 0.2) is 54.6 Å². The van der Waals surface area contributed by atoms with E-state index in [2.05, 4.69) is 16.0 Å². The monoisotopic (exact) mass is 408 g/mol. The number of anilines is 3. The molecule has 30 heavy (non-hydrogen) atoms. The second-order valence-electron chi connectivity index (χ2n) is 7.22. The molecule has 2 aromatic carbocycles. The molecule has 3 N–H and O–H groups in total. The van der Waals surface area contributed by atoms with Gasteiger partial charge in [0.25, 0.3) is 0 Å². The Labute approximate surface area is 174 Å². The molecule has 0 aromatic heterocycles. The quantitative estimate of drug-likeness (QED) is 0.681. The van der Waals surface area contributed by atoms with E-state index in [0.717, 1.165) is 5.69 Å². The molecule has 0 unspecified atom stereocenters. The SMILES string of the molecule is CC(=O)Nc1cccc(NC(=O)[C@H](C)NC(=O)[C@H]2CC(=O)N(c3ccccc3)C2)c1. The highest BCUT2D eigenvalue weighted by Crippen LogP contribution is 2.25. The minimum absolute atomic E-state index is 0.105. The van der Waals surface area contributed by atoms with E-state index in [-0.39, 0.29) is 30.7 Å². The first kappa shape index (κ1) is 21.0. The van der Waals surface area contributed by atoms with Crippen molar-refractivity contribution in [1.82, 2.24) is 5.32 Å². The first-order chi connectivity index (χ1) is 14.3. The molecular formula is C22H24N4O4. The lowest BCUT2D eigenvalue weighted by molar-refractivity contribution is -0.129. The Bertz CT molecular complexity index is 961. The molecule has 0 spiro atoms. The van der Waals surface area contributed by atoms with Gasteiger partial charge >= 0.3 is 0 Å². The lowest BCUT2D eigenvalue weighted by Crippen LogP contribution is -2.44. The van der Waals surface area contributed by atoms with Gasteiger partial charge in [-0.25, -0.2) is 0 Å². The highest BCUT2D eigenvalue weighted by Gasteiger charge is 2.35. The maximum atomic E-state index is 12.6. The fourth-order valence-corrected chi connectivity index (χ4v) is 3.27. The van der Waals surface area contributed by atoms with Crippen LogP contribution in [0.25, 0.3) is 0 Å². The van der Waals surface area contributed by atoms with Gasteiger partial charge in [-0.15, -0.1) is 0 Å². The number of carbonyl (C=O) groups excluding carboxylic acids is 4. The van der Waals surface area contributed by atoms with Gasteiger partial charge in [-0.2, -0.15) is 0 Å². The minimum atomic E-state index is -0.789. The number of carbonyl (C=O) groups is 4. The molecule has 1 saturated heterocycles. The van der Waals surface area contributed by atoms with Gasteiger partial charge in [0, 0.05) is 37.0 Å². The van der Waals surface area contributed by atoms with Crippen LogP contribution < -0.4 is 20.9 Å². The fraction of sp³-hybridized carbons (Fsp3) is 0.273. The molecule has 8 nitrogen and oxygen atoms in total. The van der Waals surface area contributed by atoms with Crippen LogP contribution in [-0.4, -0.2) is 36.2 Å².